The van der Waals surface area contributed by atoms with Crippen LogP contribution in [0, 0.1) is 0 Å². The van der Waals surface area contributed by atoms with Gasteiger partial charge in [0.25, 0.3) is 5.91 Å². The first-order chi connectivity index (χ1) is 12.5. The molecule has 0 radical (unpaired) electrons. The monoisotopic (exact) mass is 346 g/mol. The van der Waals surface area contributed by atoms with Gasteiger partial charge in [-0.05, 0) is 51.1 Å². The number of nitrogens with zero attached hydrogens (tertiary/aromatic N) is 2. The van der Waals surface area contributed by atoms with Crippen LogP contribution in [-0.2, 0) is 0 Å². The number of H-pyrrole nitrogens is 1. The lowest BCUT2D eigenvalue weighted by atomic mass is 10.1. The van der Waals surface area contributed by atoms with Crippen molar-refractivity contribution < 1.29 is 4.79 Å². The molecule has 4 rings (SSSR count). The van der Waals surface area contributed by atoms with E-state index in [2.05, 4.69) is 39.8 Å². The van der Waals surface area contributed by atoms with Crippen LogP contribution >= 0.6 is 0 Å². The number of aromatic amines is 1. The number of amides is 1. The molecule has 2 aromatic carbocycles. The van der Waals surface area contributed by atoms with E-state index in [0.29, 0.717) is 11.6 Å². The Hall–Kier alpha value is -3.08. The van der Waals surface area contributed by atoms with Gasteiger partial charge in [0.05, 0.1) is 17.1 Å². The molecule has 26 heavy (non-hydrogen) atoms. The Balaban J connectivity index is 1.62. The summed E-state index contributed by atoms with van der Waals surface area (Å²) in [5.41, 5.74) is 3.63. The zero-order chi connectivity index (χ0) is 18.3. The predicted octanol–water partition coefficient (Wildman–Crippen LogP) is 4.59. The molecule has 132 valence electrons. The molecule has 2 N–H and O–H groups in total. The van der Waals surface area contributed by atoms with Gasteiger partial charge in [-0.2, -0.15) is 0 Å². The molecule has 0 bridgehead atoms. The number of hydrogen-bond donors (Lipinski definition) is 2. The molecule has 1 amide bonds. The second kappa shape index (κ2) is 6.33. The molecule has 0 aliphatic rings. The number of fused-ring (bicyclic) bond motifs is 2. The van der Waals surface area contributed by atoms with Crippen molar-refractivity contribution >= 4 is 27.8 Å². The van der Waals surface area contributed by atoms with Crippen LogP contribution in [0.25, 0.3) is 21.9 Å². The van der Waals surface area contributed by atoms with Crippen LogP contribution in [0.5, 0.6) is 0 Å². The van der Waals surface area contributed by atoms with Crippen molar-refractivity contribution in [2.24, 2.45) is 0 Å². The number of nitrogens with one attached hydrogen (secondary N) is 2. The number of hydrogen-bond acceptors (Lipinski definition) is 2. The van der Waals surface area contributed by atoms with Gasteiger partial charge in [-0.3, -0.25) is 4.79 Å². The molecule has 0 fully saturated rings. The summed E-state index contributed by atoms with van der Waals surface area (Å²) >= 11 is 0. The molecule has 5 nitrogen and oxygen atoms in total. The highest BCUT2D eigenvalue weighted by Gasteiger charge is 2.17. The lowest BCUT2D eigenvalue weighted by Gasteiger charge is -2.13. The van der Waals surface area contributed by atoms with Gasteiger partial charge in [0.15, 0.2) is 0 Å². The number of carbonyl (C=O) groups is 1. The third-order valence-corrected chi connectivity index (χ3v) is 4.73. The summed E-state index contributed by atoms with van der Waals surface area (Å²) in [6.45, 7) is 6.21. The average Bonchev–Trinajstić information content (AvgIpc) is 3.25. The van der Waals surface area contributed by atoms with Gasteiger partial charge in [-0.15, -0.1) is 0 Å². The Morgan fingerprint density at radius 1 is 1.08 bits per heavy atom. The van der Waals surface area contributed by atoms with Gasteiger partial charge < -0.3 is 14.9 Å². The quantitative estimate of drug-likeness (QED) is 0.568. The van der Waals surface area contributed by atoms with Crippen LogP contribution in [0.15, 0.2) is 54.7 Å². The first kappa shape index (κ1) is 16.4. The van der Waals surface area contributed by atoms with Gasteiger partial charge >= 0.3 is 0 Å². The molecule has 0 saturated heterocycles. The highest BCUT2D eigenvalue weighted by molar-refractivity contribution is 6.06. The van der Waals surface area contributed by atoms with Gasteiger partial charge in [0.1, 0.15) is 5.82 Å². The Morgan fingerprint density at radius 3 is 2.65 bits per heavy atom. The normalized spacial score (nSPS) is 12.8. The lowest BCUT2D eigenvalue weighted by Crippen LogP contribution is -2.27. The number of aromatic nitrogens is 3. The molecular weight excluding hydrogens is 324 g/mol. The summed E-state index contributed by atoms with van der Waals surface area (Å²) in [4.78, 5) is 20.7. The minimum atomic E-state index is -0.211. The van der Waals surface area contributed by atoms with Gasteiger partial charge in [-0.1, -0.05) is 18.2 Å². The molecule has 2 aromatic heterocycles. The number of rotatable bonds is 4. The van der Waals surface area contributed by atoms with Gasteiger partial charge in [0, 0.05) is 28.7 Å². The maximum atomic E-state index is 12.9. The summed E-state index contributed by atoms with van der Waals surface area (Å²) in [5.74, 6) is 0.663. The van der Waals surface area contributed by atoms with Gasteiger partial charge in [-0.25, -0.2) is 4.98 Å². The summed E-state index contributed by atoms with van der Waals surface area (Å²) < 4.78 is 2.18. The Kier molecular flexibility index (Phi) is 3.99. The molecule has 0 saturated carbocycles. The minimum absolute atomic E-state index is 0.0925. The fourth-order valence-electron chi connectivity index (χ4n) is 3.36. The van der Waals surface area contributed by atoms with E-state index in [9.17, 15) is 4.79 Å². The van der Waals surface area contributed by atoms with E-state index in [1.54, 1.807) is 0 Å². The molecule has 0 spiro atoms. The van der Waals surface area contributed by atoms with Crippen LogP contribution in [0.2, 0.25) is 0 Å². The average molecular weight is 346 g/mol. The maximum absolute atomic E-state index is 12.9. The fourth-order valence-corrected chi connectivity index (χ4v) is 3.36. The molecule has 1 atom stereocenters. The van der Waals surface area contributed by atoms with E-state index in [-0.39, 0.29) is 11.9 Å². The highest BCUT2D eigenvalue weighted by atomic mass is 16.1. The SMILES string of the molecule is CC(C)n1ccc2c(C(=O)N[C@@H](C)c3nc4ccccc4[nH]3)cccc21. The first-order valence-electron chi connectivity index (χ1n) is 8.89. The van der Waals surface area contributed by atoms with Crippen molar-refractivity contribution in [3.05, 3.63) is 66.1 Å². The zero-order valence-corrected chi connectivity index (χ0v) is 15.2. The Morgan fingerprint density at radius 2 is 1.88 bits per heavy atom. The van der Waals surface area contributed by atoms with Crippen LogP contribution in [0.4, 0.5) is 0 Å². The van der Waals surface area contributed by atoms with E-state index < -0.39 is 0 Å². The van der Waals surface area contributed by atoms with Crippen LogP contribution in [-0.4, -0.2) is 20.4 Å². The minimum Gasteiger partial charge on any atom is -0.345 e. The topological polar surface area (TPSA) is 62.7 Å². The summed E-state index contributed by atoms with van der Waals surface area (Å²) in [5, 5.41) is 4.03. The molecular formula is C21H22N4O. The second-order valence-electron chi connectivity index (χ2n) is 6.89. The standard InChI is InChI=1S/C21H22N4O/c1-13(2)25-12-11-15-16(7-6-10-19(15)25)21(26)22-14(3)20-23-17-8-4-5-9-18(17)24-20/h4-14H,1-3H3,(H,22,26)(H,23,24)/t14-/m0/s1. The van der Waals surface area contributed by atoms with E-state index in [4.69, 9.17) is 0 Å². The molecule has 2 heterocycles. The van der Waals surface area contributed by atoms with Crippen molar-refractivity contribution in [2.75, 3.05) is 0 Å². The summed E-state index contributed by atoms with van der Waals surface area (Å²) in [6, 6.07) is 15.9. The largest absolute Gasteiger partial charge is 0.345 e. The second-order valence-corrected chi connectivity index (χ2v) is 6.89. The van der Waals surface area contributed by atoms with Crippen LogP contribution in [0.1, 0.15) is 49.0 Å². The number of carbonyl (C=O) groups excluding carboxylic acids is 1. The van der Waals surface area contributed by atoms with Crippen molar-refractivity contribution in [2.45, 2.75) is 32.9 Å². The smallest absolute Gasteiger partial charge is 0.252 e. The van der Waals surface area contributed by atoms with E-state index >= 15 is 0 Å². The molecule has 5 heteroatoms. The van der Waals surface area contributed by atoms with E-state index in [0.717, 1.165) is 27.8 Å². The number of benzene rings is 2. The number of para-hydroxylation sites is 2. The first-order valence-corrected chi connectivity index (χ1v) is 8.89. The van der Waals surface area contributed by atoms with E-state index in [1.165, 1.54) is 0 Å². The van der Waals surface area contributed by atoms with Crippen LogP contribution in [0.3, 0.4) is 0 Å². The summed E-state index contributed by atoms with van der Waals surface area (Å²) in [6.07, 6.45) is 2.04. The highest BCUT2D eigenvalue weighted by Crippen LogP contribution is 2.24. The molecule has 4 aromatic rings. The lowest BCUT2D eigenvalue weighted by molar-refractivity contribution is 0.0940. The van der Waals surface area contributed by atoms with Crippen molar-refractivity contribution in [3.63, 3.8) is 0 Å². The number of imidazole rings is 1. The zero-order valence-electron chi connectivity index (χ0n) is 15.2. The summed E-state index contributed by atoms with van der Waals surface area (Å²) in [7, 11) is 0. The van der Waals surface area contributed by atoms with Gasteiger partial charge in [0.2, 0.25) is 0 Å². The van der Waals surface area contributed by atoms with Crippen molar-refractivity contribution in [3.8, 4) is 0 Å². The Labute approximate surface area is 152 Å². The molecule has 0 unspecified atom stereocenters. The van der Waals surface area contributed by atoms with Crippen LogP contribution < -0.4 is 5.32 Å². The Bertz CT molecular complexity index is 1060. The predicted molar refractivity (Wildman–Crippen MR) is 104 cm³/mol. The molecule has 0 aliphatic heterocycles. The third kappa shape index (κ3) is 2.75. The van der Waals surface area contributed by atoms with E-state index in [1.807, 2.05) is 55.6 Å². The maximum Gasteiger partial charge on any atom is 0.252 e. The van der Waals surface area contributed by atoms with Crippen molar-refractivity contribution in [1.82, 2.24) is 19.9 Å². The fraction of sp³-hybridized carbons (Fsp3) is 0.238. The molecule has 0 aliphatic carbocycles. The third-order valence-electron chi connectivity index (χ3n) is 4.73. The van der Waals surface area contributed by atoms with Crippen molar-refractivity contribution in [1.29, 1.82) is 0 Å².